The molecule has 0 aliphatic rings. The zero-order chi connectivity index (χ0) is 50.5. The van der Waals surface area contributed by atoms with E-state index in [1.54, 1.807) is 0 Å². The summed E-state index contributed by atoms with van der Waals surface area (Å²) >= 11 is 0. The van der Waals surface area contributed by atoms with Crippen LogP contribution < -0.4 is 5.32 Å². The number of carbonyl (C=O) groups is 1. The second-order valence-corrected chi connectivity index (χ2v) is 20.7. The van der Waals surface area contributed by atoms with E-state index in [9.17, 15) is 9.90 Å². The van der Waals surface area contributed by atoms with Gasteiger partial charge in [-0.05, 0) is 84.5 Å². The molecule has 0 amide bonds. The molecule has 0 rings (SSSR count). The molecule has 67 heavy (non-hydrogen) atoms. The summed E-state index contributed by atoms with van der Waals surface area (Å²) in [4.78, 5) is 15.4. The number of unbranched alkanes of at least 4 members (excludes halogenated alkanes) is 29. The predicted octanol–water partition coefficient (Wildman–Crippen LogP) is 20.7. The maximum Gasteiger partial charge on any atom is 0.133 e. The Balaban J connectivity index is -0.000000616. The Hall–Kier alpha value is -0.970. The van der Waals surface area contributed by atoms with Crippen LogP contribution in [0.5, 0.6) is 0 Å². The van der Waals surface area contributed by atoms with Crippen molar-refractivity contribution in [3.63, 3.8) is 0 Å². The molecule has 0 bridgehead atoms. The van der Waals surface area contributed by atoms with Crippen LogP contribution in [0.1, 0.15) is 330 Å². The lowest BCUT2D eigenvalue weighted by molar-refractivity contribution is -0.120. The molecular weight excluding hydrogens is 817 g/mol. The number of nitrogens with one attached hydrogen (secondary N) is 1. The summed E-state index contributed by atoms with van der Waals surface area (Å²) in [5.74, 6) is 1.21. The number of ketones is 1. The van der Waals surface area contributed by atoms with Crippen molar-refractivity contribution >= 4 is 5.78 Å². The number of allylic oxidation sites excluding steroid dienone is 1. The van der Waals surface area contributed by atoms with Crippen LogP contribution in [-0.4, -0.2) is 55.1 Å². The quantitative estimate of drug-likeness (QED) is 0.0471. The van der Waals surface area contributed by atoms with Crippen molar-refractivity contribution in [3.8, 4) is 0 Å². The maximum atomic E-state index is 12.8. The molecule has 0 heterocycles. The smallest absolute Gasteiger partial charge is 0.133 e. The normalized spacial score (nSPS) is 11.5. The molecule has 1 atom stereocenters. The van der Waals surface area contributed by atoms with Gasteiger partial charge in [0.25, 0.3) is 0 Å². The highest BCUT2D eigenvalue weighted by Gasteiger charge is 2.15. The lowest BCUT2D eigenvalue weighted by atomic mass is 9.89. The fraction of sp³-hybridized carbons (Fsp3) is 0.921. The van der Waals surface area contributed by atoms with Gasteiger partial charge in [-0.2, -0.15) is 0 Å². The summed E-state index contributed by atoms with van der Waals surface area (Å²) < 4.78 is 0. The first-order valence-electron chi connectivity index (χ1n) is 30.5. The minimum Gasteiger partial charge on any atom is -0.393 e. The van der Waals surface area contributed by atoms with Gasteiger partial charge in [-0.15, -0.1) is 19.7 Å². The van der Waals surface area contributed by atoms with Crippen molar-refractivity contribution in [1.82, 2.24) is 10.2 Å². The van der Waals surface area contributed by atoms with E-state index in [0.29, 0.717) is 11.7 Å². The first-order valence-corrected chi connectivity index (χ1v) is 30.5. The van der Waals surface area contributed by atoms with Crippen LogP contribution in [0.4, 0.5) is 0 Å². The third-order valence-corrected chi connectivity index (χ3v) is 13.9. The highest BCUT2D eigenvalue weighted by atomic mass is 16.3. The lowest BCUT2D eigenvalue weighted by Crippen LogP contribution is -2.33. The monoisotopic (exact) mass is 947 g/mol. The molecule has 1 unspecified atom stereocenters. The summed E-state index contributed by atoms with van der Waals surface area (Å²) in [6, 6.07) is 0.761. The van der Waals surface area contributed by atoms with Crippen molar-refractivity contribution in [1.29, 1.82) is 0 Å². The van der Waals surface area contributed by atoms with Gasteiger partial charge in [0, 0.05) is 18.9 Å². The molecule has 0 fully saturated rings. The molecule has 0 aliphatic carbocycles. The number of carbonyl (C=O) groups excluding carboxylic acids is 1. The van der Waals surface area contributed by atoms with Crippen LogP contribution in [0.3, 0.4) is 0 Å². The number of aliphatic hydroxyl groups is 1. The summed E-state index contributed by atoms with van der Waals surface area (Å²) in [7, 11) is 4.42. The number of Topliss-reactive ketones (excluding diaryl/α,β-unsaturated/α-hetero) is 1. The van der Waals surface area contributed by atoms with Gasteiger partial charge in [0.05, 0.1) is 6.10 Å². The van der Waals surface area contributed by atoms with E-state index in [2.05, 4.69) is 85.6 Å². The van der Waals surface area contributed by atoms with E-state index in [1.165, 1.54) is 263 Å². The molecule has 0 aromatic heterocycles. The highest BCUT2D eigenvalue weighted by Crippen LogP contribution is 2.24. The Morgan fingerprint density at radius 1 is 0.478 bits per heavy atom. The van der Waals surface area contributed by atoms with Crippen molar-refractivity contribution in [2.45, 2.75) is 343 Å². The topological polar surface area (TPSA) is 52.6 Å². The second-order valence-electron chi connectivity index (χ2n) is 20.7. The third-order valence-electron chi connectivity index (χ3n) is 13.9. The molecule has 0 aliphatic heterocycles. The number of aliphatic hydroxyl groups excluding tert-OH is 1. The Morgan fingerprint density at radius 2 is 0.806 bits per heavy atom. The van der Waals surface area contributed by atoms with Gasteiger partial charge in [-0.1, -0.05) is 272 Å². The van der Waals surface area contributed by atoms with E-state index in [0.717, 1.165) is 44.7 Å². The van der Waals surface area contributed by atoms with Crippen LogP contribution in [0.25, 0.3) is 0 Å². The van der Waals surface area contributed by atoms with E-state index < -0.39 is 0 Å². The molecule has 0 aromatic rings. The average Bonchev–Trinajstić information content (AvgIpc) is 3.34. The van der Waals surface area contributed by atoms with Crippen LogP contribution in [0.15, 0.2) is 25.8 Å². The highest BCUT2D eigenvalue weighted by molar-refractivity contribution is 5.78. The summed E-state index contributed by atoms with van der Waals surface area (Å²) in [6.07, 6.45) is 60.3. The Kier molecular flexibility index (Phi) is 72.7. The van der Waals surface area contributed by atoms with E-state index in [-0.39, 0.29) is 6.10 Å². The van der Waals surface area contributed by atoms with Gasteiger partial charge >= 0.3 is 0 Å². The lowest BCUT2D eigenvalue weighted by Gasteiger charge is -2.28. The minimum absolute atomic E-state index is 0.0243. The third kappa shape index (κ3) is 65.0. The van der Waals surface area contributed by atoms with Gasteiger partial charge in [0.1, 0.15) is 5.78 Å². The SMILES string of the molecule is C=C.C=CCCCCCCCC.CCCCCCC(O)CCCCCC.CCCCCCCCCC(CCCCCCCCC(=O)CC(CCCCCC)CCCCCC)N(C)CCCNC. The standard InChI is InChI=1S/C38H78N2O.C13H28O.C10H20.C2H4/c1-6-9-12-15-16-19-24-30-37(40(5)34-27-33-39-4)31-25-20-17-18-21-26-32-38(41)35-36(28-22-13-10-7-2)29-23-14-11-8-3;1-3-5-7-9-11-13(14)12-10-8-6-4-2;1-3-5-7-9-10-8-6-4-2;1-2/h36-37,39H,6-35H2,1-5H3;13-14H,3-12H2,1-2H3;3H,1,4-10H2,2H3;1-2H2. The van der Waals surface area contributed by atoms with Crippen LogP contribution in [0.2, 0.25) is 0 Å². The minimum atomic E-state index is -0.0243. The van der Waals surface area contributed by atoms with Crippen LogP contribution in [-0.2, 0) is 4.79 Å². The number of rotatable bonds is 51. The van der Waals surface area contributed by atoms with Gasteiger partial charge in [-0.3, -0.25) is 4.79 Å². The zero-order valence-electron chi connectivity index (χ0n) is 48.0. The van der Waals surface area contributed by atoms with Crippen molar-refractivity contribution in [2.24, 2.45) is 5.92 Å². The number of hydrogen-bond acceptors (Lipinski definition) is 4. The van der Waals surface area contributed by atoms with Crippen molar-refractivity contribution < 1.29 is 9.90 Å². The molecule has 0 radical (unpaired) electrons. The molecule has 0 saturated carbocycles. The van der Waals surface area contributed by atoms with E-state index >= 15 is 0 Å². The predicted molar refractivity (Wildman–Crippen MR) is 308 cm³/mol. The van der Waals surface area contributed by atoms with Gasteiger partial charge < -0.3 is 15.3 Å². The molecule has 0 aromatic carbocycles. The summed E-state index contributed by atoms with van der Waals surface area (Å²) in [5.41, 5.74) is 0. The first-order chi connectivity index (χ1) is 32.8. The maximum absolute atomic E-state index is 12.8. The molecule has 0 saturated heterocycles. The van der Waals surface area contributed by atoms with Gasteiger partial charge in [0.15, 0.2) is 0 Å². The summed E-state index contributed by atoms with van der Waals surface area (Å²) in [5, 5.41) is 13.0. The molecule has 2 N–H and O–H groups in total. The molecule has 404 valence electrons. The van der Waals surface area contributed by atoms with Gasteiger partial charge in [-0.25, -0.2) is 0 Å². The van der Waals surface area contributed by atoms with E-state index in [4.69, 9.17) is 0 Å². The van der Waals surface area contributed by atoms with Crippen molar-refractivity contribution in [2.75, 3.05) is 27.2 Å². The Bertz CT molecular complexity index is 854. The van der Waals surface area contributed by atoms with E-state index in [1.807, 2.05) is 6.08 Å². The molecule has 4 nitrogen and oxygen atoms in total. The fourth-order valence-electron chi connectivity index (χ4n) is 9.34. The molecule has 4 heteroatoms. The molecular formula is C63H130N2O2. The van der Waals surface area contributed by atoms with Crippen LogP contribution >= 0.6 is 0 Å². The largest absolute Gasteiger partial charge is 0.393 e. The second kappa shape index (κ2) is 67.1. The van der Waals surface area contributed by atoms with Gasteiger partial charge in [0.2, 0.25) is 0 Å². The molecule has 0 spiro atoms. The fourth-order valence-corrected chi connectivity index (χ4v) is 9.34. The average molecular weight is 948 g/mol. The summed E-state index contributed by atoms with van der Waals surface area (Å²) in [6.45, 7) is 25.6. The first kappa shape index (κ1) is 72.6. The van der Waals surface area contributed by atoms with Crippen molar-refractivity contribution in [3.05, 3.63) is 25.8 Å². The van der Waals surface area contributed by atoms with Crippen LogP contribution in [0, 0.1) is 5.92 Å². The number of nitrogens with zero attached hydrogens (tertiary/aromatic N) is 1. The zero-order valence-corrected chi connectivity index (χ0v) is 48.0. The Labute approximate surface area is 425 Å². The Morgan fingerprint density at radius 3 is 1.19 bits per heavy atom. The number of hydrogen-bond donors (Lipinski definition) is 2.